The van der Waals surface area contributed by atoms with Crippen molar-refractivity contribution in [3.8, 4) is 0 Å². The molecule has 2 unspecified atom stereocenters. The van der Waals surface area contributed by atoms with E-state index in [1.807, 2.05) is 10.8 Å². The zero-order chi connectivity index (χ0) is 12.3. The molecule has 2 atom stereocenters. The molecule has 1 fully saturated rings. The van der Waals surface area contributed by atoms with Crippen LogP contribution in [-0.2, 0) is 11.3 Å². The molecule has 0 bridgehead atoms. The molecule has 1 aromatic heterocycles. The Morgan fingerprint density at radius 1 is 1.53 bits per heavy atom. The number of aliphatic hydroxyl groups excluding tert-OH is 1. The van der Waals surface area contributed by atoms with Crippen molar-refractivity contribution in [2.75, 3.05) is 6.61 Å². The van der Waals surface area contributed by atoms with Crippen LogP contribution in [0.25, 0.3) is 0 Å². The van der Waals surface area contributed by atoms with Crippen LogP contribution < -0.4 is 10.3 Å². The van der Waals surface area contributed by atoms with E-state index in [0.29, 0.717) is 12.1 Å². The molecule has 1 amide bonds. The van der Waals surface area contributed by atoms with E-state index in [2.05, 4.69) is 0 Å². The van der Waals surface area contributed by atoms with Gasteiger partial charge in [0.2, 0.25) is 0 Å². The van der Waals surface area contributed by atoms with Gasteiger partial charge in [-0.3, -0.25) is 4.79 Å². The topological polar surface area (TPSA) is 76.4 Å². The number of ether oxygens (including phenoxy) is 1. The van der Waals surface area contributed by atoms with E-state index in [-0.39, 0.29) is 18.8 Å². The average Bonchev–Trinajstić information content (AvgIpc) is 2.77. The fourth-order valence-corrected chi connectivity index (χ4v) is 2.07. The summed E-state index contributed by atoms with van der Waals surface area (Å²) in [7, 11) is 0. The van der Waals surface area contributed by atoms with Crippen LogP contribution in [0.2, 0.25) is 0 Å². The zero-order valence-electron chi connectivity index (χ0n) is 9.58. The van der Waals surface area contributed by atoms with Crippen LogP contribution >= 0.6 is 0 Å². The van der Waals surface area contributed by atoms with Crippen LogP contribution in [0.4, 0.5) is 0 Å². The van der Waals surface area contributed by atoms with Crippen LogP contribution in [0.5, 0.6) is 0 Å². The molecule has 1 aliphatic heterocycles. The van der Waals surface area contributed by atoms with Crippen molar-refractivity contribution in [1.29, 1.82) is 0 Å². The summed E-state index contributed by atoms with van der Waals surface area (Å²) in [5.74, 6) is -0.431. The number of carbonyl (C=O) groups is 1. The molecule has 3 N–H and O–H groups in total. The fraction of sp³-hybridized carbons (Fsp3) is 0.500. The maximum Gasteiger partial charge on any atom is 0.254 e. The van der Waals surface area contributed by atoms with Crippen LogP contribution in [0.3, 0.4) is 0 Å². The number of primary amides is 1. The van der Waals surface area contributed by atoms with Gasteiger partial charge in [0.25, 0.3) is 5.91 Å². The Bertz CT molecular complexity index is 408. The van der Waals surface area contributed by atoms with Crippen LogP contribution in [0.1, 0.15) is 23.2 Å². The first kappa shape index (κ1) is 12.0. The van der Waals surface area contributed by atoms with Gasteiger partial charge in [-0.2, -0.15) is 0 Å². The minimum atomic E-state index is -0.431. The second-order valence-electron chi connectivity index (χ2n) is 4.29. The molecule has 0 spiro atoms. The Kier molecular flexibility index (Phi) is 3.71. The van der Waals surface area contributed by atoms with Crippen molar-refractivity contribution in [2.45, 2.75) is 31.6 Å². The van der Waals surface area contributed by atoms with Crippen molar-refractivity contribution in [2.24, 2.45) is 5.73 Å². The fourth-order valence-electron chi connectivity index (χ4n) is 2.07. The lowest BCUT2D eigenvalue weighted by molar-refractivity contribution is -0.703. The lowest BCUT2D eigenvalue weighted by Gasteiger charge is -2.09. The highest BCUT2D eigenvalue weighted by atomic mass is 16.5. The monoisotopic (exact) mass is 237 g/mol. The van der Waals surface area contributed by atoms with Gasteiger partial charge in [-0.15, -0.1) is 0 Å². The Morgan fingerprint density at radius 2 is 2.29 bits per heavy atom. The van der Waals surface area contributed by atoms with E-state index >= 15 is 0 Å². The van der Waals surface area contributed by atoms with E-state index in [9.17, 15) is 4.79 Å². The van der Waals surface area contributed by atoms with Gasteiger partial charge >= 0.3 is 0 Å². The van der Waals surface area contributed by atoms with Gasteiger partial charge in [-0.25, -0.2) is 4.57 Å². The van der Waals surface area contributed by atoms with Gasteiger partial charge in [-0.05, 0) is 18.9 Å². The number of rotatable bonds is 4. The third-order valence-corrected chi connectivity index (χ3v) is 2.96. The van der Waals surface area contributed by atoms with Gasteiger partial charge in [0.1, 0.15) is 11.7 Å². The number of amides is 1. The molecule has 2 rings (SSSR count). The highest BCUT2D eigenvalue weighted by Gasteiger charge is 2.27. The van der Waals surface area contributed by atoms with Crippen molar-refractivity contribution < 1.29 is 19.2 Å². The summed E-state index contributed by atoms with van der Waals surface area (Å²) in [6.07, 6.45) is 5.47. The van der Waals surface area contributed by atoms with E-state index in [1.165, 1.54) is 0 Å². The van der Waals surface area contributed by atoms with E-state index in [0.717, 1.165) is 12.8 Å². The second kappa shape index (κ2) is 5.25. The SMILES string of the molecule is NC(=O)c1ccc[n+](CC2CCC(CO)O2)c1. The minimum absolute atomic E-state index is 0.0417. The molecule has 1 aromatic rings. The molecule has 0 aromatic carbocycles. The molecule has 5 nitrogen and oxygen atoms in total. The second-order valence-corrected chi connectivity index (χ2v) is 4.29. The number of aliphatic hydroxyl groups is 1. The largest absolute Gasteiger partial charge is 0.394 e. The number of nitrogens with zero attached hydrogens (tertiary/aromatic N) is 1. The lowest BCUT2D eigenvalue weighted by Crippen LogP contribution is -2.40. The number of pyridine rings is 1. The highest BCUT2D eigenvalue weighted by Crippen LogP contribution is 2.19. The molecular weight excluding hydrogens is 220 g/mol. The lowest BCUT2D eigenvalue weighted by atomic mass is 10.2. The number of nitrogens with two attached hydrogens (primary N) is 1. The summed E-state index contributed by atoms with van der Waals surface area (Å²) in [6.45, 7) is 0.750. The maximum atomic E-state index is 11.0. The van der Waals surface area contributed by atoms with Gasteiger partial charge in [0.15, 0.2) is 18.9 Å². The molecule has 0 radical (unpaired) electrons. The van der Waals surface area contributed by atoms with Crippen molar-refractivity contribution in [3.63, 3.8) is 0 Å². The quantitative estimate of drug-likeness (QED) is 0.700. The summed E-state index contributed by atoms with van der Waals surface area (Å²) in [4.78, 5) is 11.0. The molecule has 92 valence electrons. The molecule has 17 heavy (non-hydrogen) atoms. The molecule has 2 heterocycles. The number of aromatic nitrogens is 1. The predicted octanol–water partition coefficient (Wildman–Crippen LogP) is -0.387. The van der Waals surface area contributed by atoms with Crippen molar-refractivity contribution >= 4 is 5.91 Å². The Morgan fingerprint density at radius 3 is 2.94 bits per heavy atom. The van der Waals surface area contributed by atoms with E-state index < -0.39 is 5.91 Å². The maximum absolute atomic E-state index is 11.0. The van der Waals surface area contributed by atoms with Gasteiger partial charge < -0.3 is 15.6 Å². The molecule has 0 saturated carbocycles. The predicted molar refractivity (Wildman–Crippen MR) is 60.1 cm³/mol. The minimum Gasteiger partial charge on any atom is -0.394 e. The van der Waals surface area contributed by atoms with Crippen LogP contribution in [0, 0.1) is 0 Å². The third-order valence-electron chi connectivity index (χ3n) is 2.96. The van der Waals surface area contributed by atoms with Crippen molar-refractivity contribution in [3.05, 3.63) is 30.1 Å². The molecular formula is C12H17N2O3+. The Balaban J connectivity index is 1.99. The first-order chi connectivity index (χ1) is 8.19. The van der Waals surface area contributed by atoms with Crippen LogP contribution in [-0.4, -0.2) is 29.8 Å². The normalized spacial score (nSPS) is 23.8. The molecule has 0 aliphatic carbocycles. The van der Waals surface area contributed by atoms with Crippen molar-refractivity contribution in [1.82, 2.24) is 0 Å². The zero-order valence-corrected chi connectivity index (χ0v) is 9.58. The summed E-state index contributed by atoms with van der Waals surface area (Å²) < 4.78 is 7.52. The van der Waals surface area contributed by atoms with Gasteiger partial charge in [0.05, 0.1) is 12.7 Å². The van der Waals surface area contributed by atoms with E-state index in [4.69, 9.17) is 15.6 Å². The smallest absolute Gasteiger partial charge is 0.254 e. The summed E-state index contributed by atoms with van der Waals surface area (Å²) in [5, 5.41) is 8.97. The molecule has 1 aliphatic rings. The Labute approximate surface area is 99.8 Å². The average molecular weight is 237 g/mol. The number of hydrogen-bond acceptors (Lipinski definition) is 3. The first-order valence-electron chi connectivity index (χ1n) is 5.74. The van der Waals surface area contributed by atoms with Crippen LogP contribution in [0.15, 0.2) is 24.5 Å². The molecule has 1 saturated heterocycles. The number of carbonyl (C=O) groups excluding carboxylic acids is 1. The summed E-state index contributed by atoms with van der Waals surface area (Å²) >= 11 is 0. The van der Waals surface area contributed by atoms with Gasteiger partial charge in [0, 0.05) is 6.07 Å². The summed E-state index contributed by atoms with van der Waals surface area (Å²) in [5.41, 5.74) is 5.71. The standard InChI is InChI=1S/C12H16N2O3/c13-12(16)9-2-1-5-14(6-9)7-10-3-4-11(8-15)17-10/h1-2,5-6,10-11,15H,3-4,7-8H2,(H-,13,16)/p+1. The highest BCUT2D eigenvalue weighted by molar-refractivity contribution is 5.92. The molecule has 5 heteroatoms. The van der Waals surface area contributed by atoms with Gasteiger partial charge in [-0.1, -0.05) is 0 Å². The Hall–Kier alpha value is -1.46. The number of hydrogen-bond donors (Lipinski definition) is 2. The summed E-state index contributed by atoms with van der Waals surface area (Å²) in [6, 6.07) is 3.48. The third kappa shape index (κ3) is 3.01. The first-order valence-corrected chi connectivity index (χ1v) is 5.74. The van der Waals surface area contributed by atoms with E-state index in [1.54, 1.807) is 18.3 Å².